The number of aryl methyl sites for hydroxylation is 1. The van der Waals surface area contributed by atoms with Crippen LogP contribution < -0.4 is 9.47 Å². The number of tetrazole rings is 1. The molecule has 1 aromatic carbocycles. The van der Waals surface area contributed by atoms with E-state index in [1.165, 1.54) is 11.1 Å². The SMILES string of the molecule is COc1ccc(Oc2c(C)nn(Cc3nnn[nH]3)c2C)c2c1CCC2. The molecule has 1 N–H and O–H groups in total. The van der Waals surface area contributed by atoms with E-state index in [4.69, 9.17) is 9.47 Å². The largest absolute Gasteiger partial charge is 0.496 e. The lowest BCUT2D eigenvalue weighted by Gasteiger charge is -2.13. The first-order valence-corrected chi connectivity index (χ1v) is 8.30. The van der Waals surface area contributed by atoms with Crippen molar-refractivity contribution in [1.82, 2.24) is 30.4 Å². The number of ether oxygens (including phenoxy) is 2. The van der Waals surface area contributed by atoms with E-state index in [2.05, 4.69) is 25.7 Å². The van der Waals surface area contributed by atoms with Gasteiger partial charge in [0.1, 0.15) is 23.7 Å². The molecule has 3 aromatic rings. The third-order valence-corrected chi connectivity index (χ3v) is 4.63. The molecule has 0 bridgehead atoms. The Morgan fingerprint density at radius 2 is 1.92 bits per heavy atom. The maximum Gasteiger partial charge on any atom is 0.171 e. The quantitative estimate of drug-likeness (QED) is 0.767. The molecule has 0 unspecified atom stereocenters. The number of aromatic nitrogens is 6. The van der Waals surface area contributed by atoms with Crippen molar-refractivity contribution >= 4 is 0 Å². The van der Waals surface area contributed by atoms with Gasteiger partial charge in [-0.15, -0.1) is 5.10 Å². The van der Waals surface area contributed by atoms with Crippen molar-refractivity contribution in [1.29, 1.82) is 0 Å². The van der Waals surface area contributed by atoms with Gasteiger partial charge in [-0.05, 0) is 55.7 Å². The molecule has 0 amide bonds. The molecule has 130 valence electrons. The van der Waals surface area contributed by atoms with Gasteiger partial charge in [-0.3, -0.25) is 4.68 Å². The summed E-state index contributed by atoms with van der Waals surface area (Å²) in [5.41, 5.74) is 4.28. The number of aromatic amines is 1. The van der Waals surface area contributed by atoms with Crippen LogP contribution in [0.2, 0.25) is 0 Å². The summed E-state index contributed by atoms with van der Waals surface area (Å²) in [6, 6.07) is 3.97. The molecule has 0 saturated heterocycles. The predicted molar refractivity (Wildman–Crippen MR) is 90.1 cm³/mol. The molecule has 25 heavy (non-hydrogen) atoms. The number of hydrogen-bond donors (Lipinski definition) is 1. The van der Waals surface area contributed by atoms with Gasteiger partial charge in [-0.1, -0.05) is 0 Å². The van der Waals surface area contributed by atoms with E-state index >= 15 is 0 Å². The second-order valence-corrected chi connectivity index (χ2v) is 6.18. The minimum absolute atomic E-state index is 0.476. The van der Waals surface area contributed by atoms with Crippen molar-refractivity contribution in [3.8, 4) is 17.2 Å². The smallest absolute Gasteiger partial charge is 0.171 e. The monoisotopic (exact) mass is 340 g/mol. The fraction of sp³-hybridized carbons (Fsp3) is 0.412. The minimum Gasteiger partial charge on any atom is -0.496 e. The summed E-state index contributed by atoms with van der Waals surface area (Å²) in [7, 11) is 1.71. The normalized spacial score (nSPS) is 13.1. The van der Waals surface area contributed by atoms with Crippen LogP contribution in [0.15, 0.2) is 12.1 Å². The summed E-state index contributed by atoms with van der Waals surface area (Å²) in [4.78, 5) is 0. The van der Waals surface area contributed by atoms with Gasteiger partial charge in [0.05, 0.1) is 12.8 Å². The number of hydrogen-bond acceptors (Lipinski definition) is 6. The minimum atomic E-state index is 0.476. The van der Waals surface area contributed by atoms with Crippen molar-refractivity contribution in [2.45, 2.75) is 39.7 Å². The second-order valence-electron chi connectivity index (χ2n) is 6.18. The average Bonchev–Trinajstić information content (AvgIpc) is 3.33. The van der Waals surface area contributed by atoms with E-state index in [9.17, 15) is 0 Å². The van der Waals surface area contributed by atoms with Crippen LogP contribution in [0.25, 0.3) is 0 Å². The van der Waals surface area contributed by atoms with Gasteiger partial charge >= 0.3 is 0 Å². The van der Waals surface area contributed by atoms with E-state index in [0.717, 1.165) is 47.9 Å². The van der Waals surface area contributed by atoms with E-state index in [1.807, 2.05) is 30.7 Å². The molecule has 2 aromatic heterocycles. The van der Waals surface area contributed by atoms with Crippen LogP contribution in [0, 0.1) is 13.8 Å². The maximum atomic E-state index is 6.28. The van der Waals surface area contributed by atoms with E-state index in [1.54, 1.807) is 7.11 Å². The highest BCUT2D eigenvalue weighted by molar-refractivity contribution is 5.53. The van der Waals surface area contributed by atoms with Crippen LogP contribution in [0.1, 0.15) is 34.8 Å². The van der Waals surface area contributed by atoms with Crippen molar-refractivity contribution < 1.29 is 9.47 Å². The Kier molecular flexibility index (Phi) is 3.87. The Labute approximate surface area is 145 Å². The summed E-state index contributed by atoms with van der Waals surface area (Å²) >= 11 is 0. The second kappa shape index (κ2) is 6.19. The Bertz CT molecular complexity index is 901. The van der Waals surface area contributed by atoms with Crippen LogP contribution in [-0.2, 0) is 19.4 Å². The number of fused-ring (bicyclic) bond motifs is 1. The molecule has 1 aliphatic rings. The lowest BCUT2D eigenvalue weighted by molar-refractivity contribution is 0.408. The summed E-state index contributed by atoms with van der Waals surface area (Å²) in [6.45, 7) is 4.41. The fourth-order valence-electron chi connectivity index (χ4n) is 3.41. The molecule has 0 aliphatic heterocycles. The Morgan fingerprint density at radius 1 is 1.16 bits per heavy atom. The van der Waals surface area contributed by atoms with Gasteiger partial charge in [-0.2, -0.15) is 5.10 Å². The standard InChI is InChI=1S/C17H20N6O2/c1-10-17(11(2)23(20-10)9-16-18-21-22-19-16)25-15-8-7-14(24-3)12-5-4-6-13(12)15/h7-8H,4-6,9H2,1-3H3,(H,18,19,21,22). The molecule has 0 spiro atoms. The molecule has 8 heteroatoms. The van der Waals surface area contributed by atoms with Gasteiger partial charge < -0.3 is 9.47 Å². The third kappa shape index (κ3) is 2.73. The summed E-state index contributed by atoms with van der Waals surface area (Å²) in [6.07, 6.45) is 3.17. The lowest BCUT2D eigenvalue weighted by Crippen LogP contribution is -2.05. The molecule has 0 radical (unpaired) electrons. The van der Waals surface area contributed by atoms with Gasteiger partial charge in [0.25, 0.3) is 0 Å². The van der Waals surface area contributed by atoms with Gasteiger partial charge in [0, 0.05) is 11.1 Å². The zero-order valence-corrected chi connectivity index (χ0v) is 14.5. The molecular weight excluding hydrogens is 320 g/mol. The van der Waals surface area contributed by atoms with E-state index in [0.29, 0.717) is 12.4 Å². The first-order chi connectivity index (χ1) is 12.2. The highest BCUT2D eigenvalue weighted by atomic mass is 16.5. The number of nitrogens with one attached hydrogen (secondary N) is 1. The van der Waals surface area contributed by atoms with Crippen molar-refractivity contribution in [3.05, 3.63) is 40.5 Å². The Hall–Kier alpha value is -2.90. The van der Waals surface area contributed by atoms with E-state index in [-0.39, 0.29) is 0 Å². The van der Waals surface area contributed by atoms with Gasteiger partial charge in [0.2, 0.25) is 0 Å². The van der Waals surface area contributed by atoms with Crippen LogP contribution in [-0.4, -0.2) is 37.5 Å². The third-order valence-electron chi connectivity index (χ3n) is 4.63. The first kappa shape index (κ1) is 15.6. The van der Waals surface area contributed by atoms with E-state index < -0.39 is 0 Å². The average molecular weight is 340 g/mol. The molecule has 8 nitrogen and oxygen atoms in total. The van der Waals surface area contributed by atoms with Gasteiger partial charge in [0.15, 0.2) is 11.6 Å². The van der Waals surface area contributed by atoms with Crippen LogP contribution in [0.4, 0.5) is 0 Å². The maximum absolute atomic E-state index is 6.28. The molecular formula is C17H20N6O2. The van der Waals surface area contributed by atoms with Gasteiger partial charge in [-0.25, -0.2) is 5.10 Å². The zero-order chi connectivity index (χ0) is 17.4. The Morgan fingerprint density at radius 3 is 2.64 bits per heavy atom. The van der Waals surface area contributed by atoms with Crippen LogP contribution in [0.5, 0.6) is 17.2 Å². The molecule has 0 fully saturated rings. The number of H-pyrrole nitrogens is 1. The number of rotatable bonds is 5. The molecule has 2 heterocycles. The summed E-state index contributed by atoms with van der Waals surface area (Å²) in [5, 5.41) is 18.4. The summed E-state index contributed by atoms with van der Waals surface area (Å²) < 4.78 is 13.6. The fourth-order valence-corrected chi connectivity index (χ4v) is 3.41. The molecule has 4 rings (SSSR count). The summed E-state index contributed by atoms with van der Waals surface area (Å²) in [5.74, 6) is 3.27. The highest BCUT2D eigenvalue weighted by Crippen LogP contribution is 2.40. The number of methoxy groups -OCH3 is 1. The predicted octanol–water partition coefficient (Wildman–Crippen LogP) is 2.35. The lowest BCUT2D eigenvalue weighted by atomic mass is 10.1. The number of benzene rings is 1. The van der Waals surface area contributed by atoms with Crippen molar-refractivity contribution in [3.63, 3.8) is 0 Å². The zero-order valence-electron chi connectivity index (χ0n) is 14.5. The molecule has 1 aliphatic carbocycles. The van der Waals surface area contributed by atoms with Crippen LogP contribution >= 0.6 is 0 Å². The topological polar surface area (TPSA) is 90.7 Å². The highest BCUT2D eigenvalue weighted by Gasteiger charge is 2.22. The van der Waals surface area contributed by atoms with Crippen LogP contribution in [0.3, 0.4) is 0 Å². The Balaban J connectivity index is 1.66. The van der Waals surface area contributed by atoms with Crippen molar-refractivity contribution in [2.75, 3.05) is 7.11 Å². The molecule has 0 saturated carbocycles. The van der Waals surface area contributed by atoms with Crippen molar-refractivity contribution in [2.24, 2.45) is 0 Å². The molecule has 0 atom stereocenters. The first-order valence-electron chi connectivity index (χ1n) is 8.30. The number of nitrogens with zero attached hydrogens (tertiary/aromatic N) is 5.